The number of fused-ring (bicyclic) bond motifs is 4. The van der Waals surface area contributed by atoms with E-state index in [-0.39, 0.29) is 0 Å². The van der Waals surface area contributed by atoms with Gasteiger partial charge in [-0.25, -0.2) is 4.98 Å². The van der Waals surface area contributed by atoms with Gasteiger partial charge in [-0.1, -0.05) is 24.3 Å². The molecule has 2 fully saturated rings. The number of aromatic nitrogens is 4. The molecular formula is C36H40N12S2. The molecule has 256 valence electrons. The fourth-order valence-electron chi connectivity index (χ4n) is 6.48. The Morgan fingerprint density at radius 2 is 1.58 bits per heavy atom. The molecular weight excluding hydrogens is 665 g/mol. The number of hydrazone groups is 1. The van der Waals surface area contributed by atoms with E-state index < -0.39 is 0 Å². The average molecular weight is 705 g/mol. The fraction of sp³-hybridized carbons (Fsp3) is 0.333. The van der Waals surface area contributed by atoms with E-state index in [4.69, 9.17) is 24.4 Å². The van der Waals surface area contributed by atoms with E-state index in [0.717, 1.165) is 117 Å². The Morgan fingerprint density at radius 1 is 0.800 bits per heavy atom. The summed E-state index contributed by atoms with van der Waals surface area (Å²) in [5, 5.41) is 15.6. The monoisotopic (exact) mass is 704 g/mol. The summed E-state index contributed by atoms with van der Waals surface area (Å²) in [4.78, 5) is 25.5. The molecule has 6 heterocycles. The van der Waals surface area contributed by atoms with Crippen molar-refractivity contribution in [2.24, 2.45) is 15.3 Å². The number of nitrogens with one attached hydrogen (secondary N) is 2. The van der Waals surface area contributed by atoms with Crippen LogP contribution in [0.1, 0.15) is 24.1 Å². The third kappa shape index (κ3) is 7.62. The maximum absolute atomic E-state index is 5.55. The molecule has 0 saturated carbocycles. The van der Waals surface area contributed by atoms with E-state index in [1.165, 1.54) is 5.56 Å². The number of aryl methyl sites for hydroxylation is 1. The standard InChI is InChI=1S/C19H22N6S.C17H18N6S/c26-19(23-22-16-7-3-5-15-6-4-10-21-18(15)16)25-13-11-24(12-14-25)17-8-1-2-9-20-17;1-22-8-10-23(11-9-22)17(24)21-20-16-14-12(4-2-6-18-14)13-5-3-7-19-15(13)16/h1-2,4,6,8-10H,3,5,7,11-14H2,(H,23,26);2-7,18H,8-11H2,1H3/b22-16-;. The van der Waals surface area contributed by atoms with Crippen LogP contribution in [-0.4, -0.2) is 110 Å². The summed E-state index contributed by atoms with van der Waals surface area (Å²) < 4.78 is 0. The van der Waals surface area contributed by atoms with Gasteiger partial charge in [0.2, 0.25) is 5.11 Å². The largest absolute Gasteiger partial charge is 0.359 e. The minimum atomic E-state index is 0.539. The SMILES string of the molecule is CN1CCN(C(=S)N=Nc2c3[nH]cccc-3c3cccnc23)CC1.S=C(N/N=C1/CCCc2cccnc21)N1CCN(c2ccccn2)CC1. The van der Waals surface area contributed by atoms with Crippen molar-refractivity contribution >= 4 is 62.8 Å². The topological polar surface area (TPSA) is 117 Å². The van der Waals surface area contributed by atoms with Gasteiger partial charge >= 0.3 is 0 Å². The number of hydrogen-bond donors (Lipinski definition) is 2. The molecule has 5 aliphatic rings. The van der Waals surface area contributed by atoms with Crippen molar-refractivity contribution in [2.75, 3.05) is 64.3 Å². The van der Waals surface area contributed by atoms with Crippen LogP contribution in [-0.2, 0) is 6.42 Å². The molecule has 50 heavy (non-hydrogen) atoms. The smallest absolute Gasteiger partial charge is 0.216 e. The van der Waals surface area contributed by atoms with Crippen LogP contribution >= 0.6 is 24.4 Å². The zero-order valence-corrected chi connectivity index (χ0v) is 29.7. The molecule has 0 aromatic carbocycles. The first kappa shape index (κ1) is 33.6. The van der Waals surface area contributed by atoms with Gasteiger partial charge in [0.05, 0.1) is 17.1 Å². The molecule has 3 aromatic heterocycles. The Kier molecular flexibility index (Phi) is 10.6. The van der Waals surface area contributed by atoms with Gasteiger partial charge < -0.3 is 24.6 Å². The number of likely N-dealkylation sites (N-methyl/N-ethyl adjacent to an activating group) is 1. The Bertz CT molecular complexity index is 1960. The summed E-state index contributed by atoms with van der Waals surface area (Å²) in [5.41, 5.74) is 10.0. The van der Waals surface area contributed by atoms with E-state index in [9.17, 15) is 0 Å². The number of aromatic amines is 1. The predicted molar refractivity (Wildman–Crippen MR) is 206 cm³/mol. The highest BCUT2D eigenvalue weighted by molar-refractivity contribution is 7.80. The zero-order valence-electron chi connectivity index (χ0n) is 28.1. The van der Waals surface area contributed by atoms with Gasteiger partial charge in [-0.2, -0.15) is 5.10 Å². The highest BCUT2D eigenvalue weighted by Gasteiger charge is 2.22. The molecule has 14 heteroatoms. The lowest BCUT2D eigenvalue weighted by Gasteiger charge is -2.36. The lowest BCUT2D eigenvalue weighted by atomic mass is 9.95. The zero-order chi connectivity index (χ0) is 34.3. The number of rotatable bonds is 3. The quantitative estimate of drug-likeness (QED) is 0.142. The van der Waals surface area contributed by atoms with E-state index in [0.29, 0.717) is 10.2 Å². The van der Waals surface area contributed by atoms with Gasteiger partial charge in [-0.05, 0) is 86.6 Å². The molecule has 0 atom stereocenters. The van der Waals surface area contributed by atoms with Gasteiger partial charge in [-0.3, -0.25) is 15.4 Å². The second-order valence-electron chi connectivity index (χ2n) is 12.5. The number of H-pyrrole nitrogens is 1. The lowest BCUT2D eigenvalue weighted by molar-refractivity contribution is 0.216. The van der Waals surface area contributed by atoms with Crippen LogP contribution in [0.5, 0.6) is 0 Å². The fourth-order valence-corrected chi connectivity index (χ4v) is 6.93. The summed E-state index contributed by atoms with van der Waals surface area (Å²) >= 11 is 11.0. The van der Waals surface area contributed by atoms with Crippen LogP contribution in [0.15, 0.2) is 94.7 Å². The summed E-state index contributed by atoms with van der Waals surface area (Å²) in [6, 6.07) is 18.2. The van der Waals surface area contributed by atoms with Gasteiger partial charge in [-0.15, -0.1) is 10.2 Å². The molecule has 2 aliphatic carbocycles. The Morgan fingerprint density at radius 3 is 2.40 bits per heavy atom. The molecule has 0 amide bonds. The minimum Gasteiger partial charge on any atom is -0.359 e. The molecule has 3 aliphatic heterocycles. The molecule has 0 bridgehead atoms. The first-order valence-electron chi connectivity index (χ1n) is 17.0. The van der Waals surface area contributed by atoms with Gasteiger partial charge in [0.25, 0.3) is 0 Å². The van der Waals surface area contributed by atoms with Crippen molar-refractivity contribution in [2.45, 2.75) is 19.3 Å². The van der Waals surface area contributed by atoms with Crippen LogP contribution in [0.25, 0.3) is 22.2 Å². The molecule has 8 rings (SSSR count). The van der Waals surface area contributed by atoms with Crippen molar-refractivity contribution in [3.05, 3.63) is 90.6 Å². The van der Waals surface area contributed by atoms with Crippen molar-refractivity contribution in [1.82, 2.24) is 40.1 Å². The number of hydrogen-bond acceptors (Lipinski definition) is 9. The van der Waals surface area contributed by atoms with E-state index >= 15 is 0 Å². The Balaban J connectivity index is 0.000000157. The van der Waals surface area contributed by atoms with Crippen LogP contribution in [0.4, 0.5) is 11.5 Å². The van der Waals surface area contributed by atoms with Gasteiger partial charge in [0.1, 0.15) is 17.0 Å². The maximum Gasteiger partial charge on any atom is 0.216 e. The average Bonchev–Trinajstić information content (AvgIpc) is 3.50. The third-order valence-electron chi connectivity index (χ3n) is 9.28. The number of pyridine rings is 4. The van der Waals surface area contributed by atoms with Crippen molar-refractivity contribution < 1.29 is 0 Å². The third-order valence-corrected chi connectivity index (χ3v) is 9.96. The highest BCUT2D eigenvalue weighted by atomic mass is 32.1. The van der Waals surface area contributed by atoms with E-state index in [1.54, 1.807) is 6.20 Å². The molecule has 0 unspecified atom stereocenters. The van der Waals surface area contributed by atoms with Crippen molar-refractivity contribution in [1.29, 1.82) is 0 Å². The van der Waals surface area contributed by atoms with Gasteiger partial charge in [0, 0.05) is 88.1 Å². The van der Waals surface area contributed by atoms with Crippen LogP contribution in [0.2, 0.25) is 0 Å². The number of anilines is 1. The van der Waals surface area contributed by atoms with Crippen molar-refractivity contribution in [3.63, 3.8) is 0 Å². The summed E-state index contributed by atoms with van der Waals surface area (Å²) in [6.45, 7) is 7.30. The van der Waals surface area contributed by atoms with Crippen LogP contribution in [0.3, 0.4) is 0 Å². The number of nitrogens with zero attached hydrogens (tertiary/aromatic N) is 10. The van der Waals surface area contributed by atoms with E-state index in [1.807, 2.05) is 55.0 Å². The second kappa shape index (κ2) is 15.7. The number of azo groups is 1. The number of thiocarbonyl (C=S) groups is 2. The van der Waals surface area contributed by atoms with Crippen molar-refractivity contribution in [3.8, 4) is 11.3 Å². The molecule has 2 saturated heterocycles. The first-order chi connectivity index (χ1) is 24.5. The molecule has 0 radical (unpaired) electrons. The first-order valence-corrected chi connectivity index (χ1v) is 17.8. The normalized spacial score (nSPS) is 17.5. The Hall–Kier alpha value is -4.92. The highest BCUT2D eigenvalue weighted by Crippen LogP contribution is 2.42. The molecule has 3 aromatic rings. The molecule has 0 spiro atoms. The second-order valence-corrected chi connectivity index (χ2v) is 13.2. The Labute approximate surface area is 302 Å². The number of piperazine rings is 2. The minimum absolute atomic E-state index is 0.539. The van der Waals surface area contributed by atoms with Crippen LogP contribution in [0, 0.1) is 0 Å². The van der Waals surface area contributed by atoms with E-state index in [2.05, 4.69) is 85.5 Å². The molecule has 2 N–H and O–H groups in total. The van der Waals surface area contributed by atoms with Crippen LogP contribution < -0.4 is 10.3 Å². The molecule has 12 nitrogen and oxygen atoms in total. The maximum atomic E-state index is 5.55. The lowest BCUT2D eigenvalue weighted by Crippen LogP contribution is -2.51. The summed E-state index contributed by atoms with van der Waals surface area (Å²) in [5.74, 6) is 1.02. The van der Waals surface area contributed by atoms with Gasteiger partial charge in [0.15, 0.2) is 5.11 Å². The summed E-state index contributed by atoms with van der Waals surface area (Å²) in [7, 11) is 2.12. The summed E-state index contributed by atoms with van der Waals surface area (Å²) in [6.07, 6.45) is 10.4. The predicted octanol–water partition coefficient (Wildman–Crippen LogP) is 5.50.